The first kappa shape index (κ1) is 18.4. The van der Waals surface area contributed by atoms with Crippen LogP contribution in [0, 0.1) is 19.8 Å². The molecule has 0 aliphatic carbocycles. The molecule has 26 heavy (non-hydrogen) atoms. The minimum absolute atomic E-state index is 0.216. The Hall–Kier alpha value is -2.38. The van der Waals surface area contributed by atoms with Crippen LogP contribution in [0.2, 0.25) is 0 Å². The molecule has 0 radical (unpaired) electrons. The predicted molar refractivity (Wildman–Crippen MR) is 102 cm³/mol. The molecule has 7 heteroatoms. The molecule has 1 saturated heterocycles. The van der Waals surface area contributed by atoms with Crippen LogP contribution in [-0.4, -0.2) is 34.0 Å². The Morgan fingerprint density at radius 1 is 1.15 bits per heavy atom. The molecule has 1 amide bonds. The monoisotopic (exact) mass is 373 g/mol. The van der Waals surface area contributed by atoms with Gasteiger partial charge >= 0.3 is 0 Å². The molecule has 6 nitrogen and oxygen atoms in total. The molecule has 0 atom stereocenters. The highest BCUT2D eigenvalue weighted by molar-refractivity contribution is 7.92. The van der Waals surface area contributed by atoms with Crippen molar-refractivity contribution >= 4 is 21.6 Å². The summed E-state index contributed by atoms with van der Waals surface area (Å²) in [7, 11) is -3.79. The predicted octanol–water partition coefficient (Wildman–Crippen LogP) is 2.05. The molecule has 1 aliphatic rings. The summed E-state index contributed by atoms with van der Waals surface area (Å²) < 4.78 is 28.2. The van der Waals surface area contributed by atoms with Gasteiger partial charge in [0.15, 0.2) is 0 Å². The van der Waals surface area contributed by atoms with Crippen LogP contribution in [0.3, 0.4) is 0 Å². The van der Waals surface area contributed by atoms with E-state index in [0.29, 0.717) is 23.6 Å². The molecule has 0 spiro atoms. The minimum Gasteiger partial charge on any atom is -0.352 e. The van der Waals surface area contributed by atoms with Crippen molar-refractivity contribution < 1.29 is 13.2 Å². The smallest absolute Gasteiger partial charge is 0.262 e. The van der Waals surface area contributed by atoms with Crippen molar-refractivity contribution in [3.63, 3.8) is 0 Å². The summed E-state index contributed by atoms with van der Waals surface area (Å²) in [6, 6.07) is 11.9. The van der Waals surface area contributed by atoms with Gasteiger partial charge in [-0.25, -0.2) is 8.42 Å². The van der Waals surface area contributed by atoms with Gasteiger partial charge in [-0.3, -0.25) is 9.52 Å². The van der Waals surface area contributed by atoms with E-state index in [4.69, 9.17) is 0 Å². The zero-order valence-electron chi connectivity index (χ0n) is 14.9. The number of hydrogen-bond donors (Lipinski definition) is 3. The van der Waals surface area contributed by atoms with Gasteiger partial charge in [0.25, 0.3) is 15.9 Å². The molecule has 0 saturated carbocycles. The number of para-hydroxylation sites is 1. The number of nitrogens with one attached hydrogen (secondary N) is 3. The summed E-state index contributed by atoms with van der Waals surface area (Å²) >= 11 is 0. The Kier molecular flexibility index (Phi) is 5.29. The van der Waals surface area contributed by atoms with Crippen LogP contribution in [0.25, 0.3) is 0 Å². The second-order valence-corrected chi connectivity index (χ2v) is 8.31. The Labute approximate surface area is 154 Å². The molecule has 3 rings (SSSR count). The van der Waals surface area contributed by atoms with Crippen molar-refractivity contribution in [3.05, 3.63) is 59.2 Å². The lowest BCUT2D eigenvalue weighted by Gasteiger charge is -2.27. The van der Waals surface area contributed by atoms with Crippen molar-refractivity contribution in [2.75, 3.05) is 24.4 Å². The van der Waals surface area contributed by atoms with Crippen molar-refractivity contribution in [2.45, 2.75) is 18.7 Å². The summed E-state index contributed by atoms with van der Waals surface area (Å²) in [4.78, 5) is 12.7. The van der Waals surface area contributed by atoms with Gasteiger partial charge in [0.1, 0.15) is 0 Å². The van der Waals surface area contributed by atoms with Crippen LogP contribution >= 0.6 is 0 Å². The van der Waals surface area contributed by atoms with Crippen LogP contribution in [0.15, 0.2) is 47.4 Å². The Morgan fingerprint density at radius 3 is 2.58 bits per heavy atom. The number of sulfonamides is 1. The molecule has 1 aliphatic heterocycles. The molecular weight excluding hydrogens is 350 g/mol. The van der Waals surface area contributed by atoms with E-state index >= 15 is 0 Å². The van der Waals surface area contributed by atoms with Gasteiger partial charge < -0.3 is 10.6 Å². The molecule has 2 aromatic carbocycles. The largest absolute Gasteiger partial charge is 0.352 e. The molecule has 138 valence electrons. The normalized spacial score (nSPS) is 14.5. The van der Waals surface area contributed by atoms with E-state index in [1.807, 2.05) is 13.0 Å². The van der Waals surface area contributed by atoms with Crippen LogP contribution in [0.4, 0.5) is 5.69 Å². The SMILES string of the molecule is Cc1ccc(C)c(S(=O)(=O)Nc2ccccc2C(=O)NCC2CNC2)c1. The first-order chi connectivity index (χ1) is 12.4. The number of rotatable bonds is 6. The highest BCUT2D eigenvalue weighted by atomic mass is 32.2. The van der Waals surface area contributed by atoms with Gasteiger partial charge in [-0.05, 0) is 43.2 Å². The second-order valence-electron chi connectivity index (χ2n) is 6.65. The minimum atomic E-state index is -3.79. The third-order valence-electron chi connectivity index (χ3n) is 4.47. The molecule has 1 heterocycles. The molecular formula is C19H23N3O3S. The summed E-state index contributed by atoms with van der Waals surface area (Å²) in [6.07, 6.45) is 0. The Bertz CT molecular complexity index is 921. The fourth-order valence-electron chi connectivity index (χ4n) is 2.79. The summed E-state index contributed by atoms with van der Waals surface area (Å²) in [5, 5.41) is 6.03. The molecule has 2 aromatic rings. The number of benzene rings is 2. The topological polar surface area (TPSA) is 87.3 Å². The van der Waals surface area contributed by atoms with Gasteiger partial charge in [-0.15, -0.1) is 0 Å². The summed E-state index contributed by atoms with van der Waals surface area (Å²) in [6.45, 7) is 5.95. The lowest BCUT2D eigenvalue weighted by Crippen LogP contribution is -2.48. The average molecular weight is 373 g/mol. The van der Waals surface area contributed by atoms with Crippen LogP contribution in [-0.2, 0) is 10.0 Å². The maximum Gasteiger partial charge on any atom is 0.262 e. The van der Waals surface area contributed by atoms with Gasteiger partial charge in [-0.2, -0.15) is 0 Å². The lowest BCUT2D eigenvalue weighted by molar-refractivity contribution is 0.0943. The van der Waals surface area contributed by atoms with E-state index in [9.17, 15) is 13.2 Å². The van der Waals surface area contributed by atoms with Crippen molar-refractivity contribution in [3.8, 4) is 0 Å². The van der Waals surface area contributed by atoms with Gasteiger partial charge in [0, 0.05) is 25.6 Å². The standard InChI is InChI=1S/C19H23N3O3S/c1-13-7-8-14(2)18(9-13)26(24,25)22-17-6-4-3-5-16(17)19(23)21-12-15-10-20-11-15/h3-9,15,20,22H,10-12H2,1-2H3,(H,21,23). The molecule has 3 N–H and O–H groups in total. The third-order valence-corrected chi connectivity index (χ3v) is 5.97. The number of aryl methyl sites for hydroxylation is 2. The van der Waals surface area contributed by atoms with Gasteiger partial charge in [0.2, 0.25) is 0 Å². The third kappa shape index (κ3) is 4.05. The van der Waals surface area contributed by atoms with E-state index in [1.54, 1.807) is 43.3 Å². The van der Waals surface area contributed by atoms with Crippen molar-refractivity contribution in [2.24, 2.45) is 5.92 Å². The first-order valence-electron chi connectivity index (χ1n) is 8.55. The number of carbonyl (C=O) groups is 1. The maximum absolute atomic E-state index is 12.8. The Balaban J connectivity index is 1.83. The number of amides is 1. The zero-order chi connectivity index (χ0) is 18.7. The van der Waals surface area contributed by atoms with E-state index in [1.165, 1.54) is 0 Å². The highest BCUT2D eigenvalue weighted by Gasteiger charge is 2.22. The molecule has 0 bridgehead atoms. The van der Waals surface area contributed by atoms with Gasteiger partial charge in [0.05, 0.1) is 16.1 Å². The maximum atomic E-state index is 12.8. The van der Waals surface area contributed by atoms with E-state index in [-0.39, 0.29) is 16.5 Å². The number of hydrogen-bond acceptors (Lipinski definition) is 4. The average Bonchev–Trinajstić information content (AvgIpc) is 2.55. The van der Waals surface area contributed by atoms with E-state index in [2.05, 4.69) is 15.4 Å². The lowest BCUT2D eigenvalue weighted by atomic mass is 10.0. The highest BCUT2D eigenvalue weighted by Crippen LogP contribution is 2.23. The second kappa shape index (κ2) is 7.47. The van der Waals surface area contributed by atoms with E-state index in [0.717, 1.165) is 18.7 Å². The first-order valence-corrected chi connectivity index (χ1v) is 10.0. The quantitative estimate of drug-likeness (QED) is 0.723. The fourth-order valence-corrected chi connectivity index (χ4v) is 4.20. The molecule has 1 fully saturated rings. The summed E-state index contributed by atoms with van der Waals surface area (Å²) in [5.74, 6) is 0.147. The van der Waals surface area contributed by atoms with E-state index < -0.39 is 10.0 Å². The zero-order valence-corrected chi connectivity index (χ0v) is 15.7. The van der Waals surface area contributed by atoms with Crippen molar-refractivity contribution in [1.82, 2.24) is 10.6 Å². The fraction of sp³-hybridized carbons (Fsp3) is 0.316. The van der Waals surface area contributed by atoms with Gasteiger partial charge in [-0.1, -0.05) is 24.3 Å². The molecule has 0 unspecified atom stereocenters. The summed E-state index contributed by atoms with van der Waals surface area (Å²) in [5.41, 5.74) is 2.10. The molecule has 0 aromatic heterocycles. The Morgan fingerprint density at radius 2 is 1.88 bits per heavy atom. The van der Waals surface area contributed by atoms with Crippen LogP contribution in [0.5, 0.6) is 0 Å². The van der Waals surface area contributed by atoms with Crippen molar-refractivity contribution in [1.29, 1.82) is 0 Å². The van der Waals surface area contributed by atoms with Crippen LogP contribution in [0.1, 0.15) is 21.5 Å². The van der Waals surface area contributed by atoms with Crippen LogP contribution < -0.4 is 15.4 Å². The number of carbonyl (C=O) groups excluding carboxylic acids is 1. The number of anilines is 1.